The molecule has 3 aromatic rings. The fourth-order valence-electron chi connectivity index (χ4n) is 2.83. The Bertz CT molecular complexity index is 732. The summed E-state index contributed by atoms with van der Waals surface area (Å²) in [5.41, 5.74) is 5.75. The van der Waals surface area contributed by atoms with E-state index in [0.717, 1.165) is 20.6 Å². The Morgan fingerprint density at radius 1 is 0.619 bits per heavy atom. The van der Waals surface area contributed by atoms with Crippen molar-refractivity contribution in [2.24, 2.45) is 0 Å². The van der Waals surface area contributed by atoms with Gasteiger partial charge in [-0.15, -0.1) is 0 Å². The summed E-state index contributed by atoms with van der Waals surface area (Å²) in [7, 11) is 2.00. The van der Waals surface area contributed by atoms with Crippen LogP contribution in [0.15, 0.2) is 60.7 Å². The lowest BCUT2D eigenvalue weighted by molar-refractivity contribution is 0.399. The molecule has 0 unspecified atom stereocenters. The van der Waals surface area contributed by atoms with Gasteiger partial charge in [0.15, 0.2) is 0 Å². The maximum Gasteiger partial charge on any atom is 0.0319 e. The lowest BCUT2D eigenvalue weighted by Gasteiger charge is -2.03. The maximum atomic E-state index is 7.00. The fourth-order valence-corrected chi connectivity index (χ4v) is 2.83. The van der Waals surface area contributed by atoms with Gasteiger partial charge in [0.25, 0.3) is 0 Å². The Hall–Kier alpha value is -2.16. The van der Waals surface area contributed by atoms with Gasteiger partial charge < -0.3 is 10.2 Å². The van der Waals surface area contributed by atoms with E-state index in [0.29, 0.717) is 0 Å². The van der Waals surface area contributed by atoms with E-state index in [2.05, 4.69) is 60.7 Å². The van der Waals surface area contributed by atoms with Crippen molar-refractivity contribution in [1.29, 1.82) is 0 Å². The van der Waals surface area contributed by atoms with Gasteiger partial charge in [0.05, 0.1) is 0 Å². The Morgan fingerprint density at radius 2 is 1.19 bits per heavy atom. The minimum atomic E-state index is 1.00. The van der Waals surface area contributed by atoms with Crippen molar-refractivity contribution < 1.29 is 10.2 Å². The van der Waals surface area contributed by atoms with Crippen LogP contribution in [0.5, 0.6) is 0 Å². The molecule has 0 saturated heterocycles. The summed E-state index contributed by atoms with van der Waals surface area (Å²) < 4.78 is 0. The molecular weight excluding hydrogens is 260 g/mol. The molecule has 0 aliphatic heterocycles. The molecule has 4 rings (SSSR count). The number of aliphatic hydroxyl groups is 2. The zero-order chi connectivity index (χ0) is 15.2. The number of fused-ring (bicyclic) bond motifs is 4. The molecule has 0 heterocycles. The van der Waals surface area contributed by atoms with E-state index >= 15 is 0 Å². The monoisotopic (exact) mass is 280 g/mol. The van der Waals surface area contributed by atoms with Gasteiger partial charge in [-0.25, -0.2) is 0 Å². The molecule has 0 bridgehead atoms. The number of rotatable bonds is 0. The number of benzene rings is 3. The molecule has 1 aliphatic rings. The highest BCUT2D eigenvalue weighted by atomic mass is 16.2. The summed E-state index contributed by atoms with van der Waals surface area (Å²) in [6.07, 6.45) is 1.08. The molecule has 0 aromatic heterocycles. The van der Waals surface area contributed by atoms with Gasteiger partial charge in [-0.2, -0.15) is 0 Å². The quantitative estimate of drug-likeness (QED) is 0.516. The molecule has 0 amide bonds. The number of hydrogen-bond acceptors (Lipinski definition) is 2. The second kappa shape index (κ2) is 7.02. The summed E-state index contributed by atoms with van der Waals surface area (Å²) >= 11 is 0. The Kier molecular flexibility index (Phi) is 5.09. The summed E-state index contributed by atoms with van der Waals surface area (Å²) in [5, 5.41) is 16.7. The molecule has 0 fully saturated rings. The lowest BCUT2D eigenvalue weighted by Crippen LogP contribution is -1.81. The number of aliphatic hydroxyl groups excluding tert-OH is 2. The van der Waals surface area contributed by atoms with Gasteiger partial charge in [-0.3, -0.25) is 0 Å². The second-order valence-corrected chi connectivity index (χ2v) is 4.69. The maximum absolute atomic E-state index is 7.00. The van der Waals surface area contributed by atoms with E-state index in [4.69, 9.17) is 10.2 Å². The highest BCUT2D eigenvalue weighted by Gasteiger charge is 2.17. The molecule has 0 atom stereocenters. The van der Waals surface area contributed by atoms with Gasteiger partial charge in [-0.05, 0) is 45.5 Å². The zero-order valence-corrected chi connectivity index (χ0v) is 12.4. The predicted molar refractivity (Wildman–Crippen MR) is 88.5 cm³/mol. The van der Waals surface area contributed by atoms with Crippen molar-refractivity contribution in [3.63, 3.8) is 0 Å². The first-order chi connectivity index (χ1) is 10.4. The van der Waals surface area contributed by atoms with E-state index in [9.17, 15) is 0 Å². The van der Waals surface area contributed by atoms with E-state index in [1.54, 1.807) is 0 Å². The van der Waals surface area contributed by atoms with E-state index in [-0.39, 0.29) is 0 Å². The largest absolute Gasteiger partial charge is 0.400 e. The van der Waals surface area contributed by atoms with Crippen LogP contribution in [-0.2, 0) is 6.42 Å². The van der Waals surface area contributed by atoms with Crippen molar-refractivity contribution in [2.45, 2.75) is 6.42 Å². The molecule has 0 spiro atoms. The first kappa shape index (κ1) is 15.2. The number of hydrogen-bond donors (Lipinski definition) is 2. The van der Waals surface area contributed by atoms with Crippen LogP contribution >= 0.6 is 0 Å². The average molecular weight is 280 g/mol. The fraction of sp³-hybridized carbons (Fsp3) is 0.158. The van der Waals surface area contributed by atoms with E-state index in [1.807, 2.05) is 0 Å². The summed E-state index contributed by atoms with van der Waals surface area (Å²) in [4.78, 5) is 0. The minimum absolute atomic E-state index is 1.00. The van der Waals surface area contributed by atoms with E-state index in [1.165, 1.54) is 33.0 Å². The Balaban J connectivity index is 0.000000374. The first-order valence-electron chi connectivity index (χ1n) is 6.91. The molecular formula is C19H20O2. The van der Waals surface area contributed by atoms with E-state index < -0.39 is 0 Å². The molecule has 2 heteroatoms. The molecule has 2 N–H and O–H groups in total. The van der Waals surface area contributed by atoms with Gasteiger partial charge in [-0.1, -0.05) is 54.6 Å². The summed E-state index contributed by atoms with van der Waals surface area (Å²) in [6.45, 7) is 0. The third kappa shape index (κ3) is 2.82. The highest BCUT2D eigenvalue weighted by Crippen LogP contribution is 2.38. The average Bonchev–Trinajstić information content (AvgIpc) is 2.94. The van der Waals surface area contributed by atoms with Crippen LogP contribution in [0.1, 0.15) is 11.1 Å². The van der Waals surface area contributed by atoms with Crippen molar-refractivity contribution >= 4 is 10.8 Å². The molecule has 1 aliphatic carbocycles. The SMILES string of the molecule is CO.CO.c1ccc2c(c1)Cc1cc3ccccc3cc1-2. The summed E-state index contributed by atoms with van der Waals surface area (Å²) in [6, 6.07) is 22.0. The van der Waals surface area contributed by atoms with Crippen LogP contribution in [-0.4, -0.2) is 24.4 Å². The van der Waals surface area contributed by atoms with Crippen LogP contribution in [0.25, 0.3) is 21.9 Å². The van der Waals surface area contributed by atoms with Crippen molar-refractivity contribution in [1.82, 2.24) is 0 Å². The van der Waals surface area contributed by atoms with Crippen LogP contribution in [0.4, 0.5) is 0 Å². The third-order valence-electron chi connectivity index (χ3n) is 3.66. The smallest absolute Gasteiger partial charge is 0.0319 e. The topological polar surface area (TPSA) is 40.5 Å². The van der Waals surface area contributed by atoms with Crippen LogP contribution in [0, 0.1) is 0 Å². The van der Waals surface area contributed by atoms with Crippen molar-refractivity contribution in [3.8, 4) is 11.1 Å². The lowest BCUT2D eigenvalue weighted by atomic mass is 10.0. The molecule has 2 nitrogen and oxygen atoms in total. The zero-order valence-electron chi connectivity index (χ0n) is 12.4. The normalized spacial score (nSPS) is 10.7. The molecule has 0 saturated carbocycles. The first-order valence-corrected chi connectivity index (χ1v) is 6.91. The van der Waals surface area contributed by atoms with Crippen LogP contribution in [0.2, 0.25) is 0 Å². The van der Waals surface area contributed by atoms with Gasteiger partial charge in [0.1, 0.15) is 0 Å². The third-order valence-corrected chi connectivity index (χ3v) is 3.66. The molecule has 108 valence electrons. The summed E-state index contributed by atoms with van der Waals surface area (Å²) in [5.74, 6) is 0. The minimum Gasteiger partial charge on any atom is -0.400 e. The molecule has 0 radical (unpaired) electrons. The van der Waals surface area contributed by atoms with Crippen LogP contribution in [0.3, 0.4) is 0 Å². The molecule has 3 aromatic carbocycles. The van der Waals surface area contributed by atoms with Crippen molar-refractivity contribution in [2.75, 3.05) is 14.2 Å². The van der Waals surface area contributed by atoms with Gasteiger partial charge in [0.2, 0.25) is 0 Å². The Morgan fingerprint density at radius 3 is 1.90 bits per heavy atom. The highest BCUT2D eigenvalue weighted by molar-refractivity contribution is 5.91. The van der Waals surface area contributed by atoms with Gasteiger partial charge >= 0.3 is 0 Å². The second-order valence-electron chi connectivity index (χ2n) is 4.69. The standard InChI is InChI=1S/C17H12.2CH4O/c1-2-6-13-11-17-15(9-12(13)5-1)10-14-7-3-4-8-16(14)17;2*1-2/h1-9,11H,10H2;2*2H,1H3. The predicted octanol–water partition coefficient (Wildman–Crippen LogP) is 3.63. The van der Waals surface area contributed by atoms with Crippen molar-refractivity contribution in [3.05, 3.63) is 71.8 Å². The molecule has 21 heavy (non-hydrogen) atoms. The van der Waals surface area contributed by atoms with Crippen LogP contribution < -0.4 is 0 Å². The van der Waals surface area contributed by atoms with Gasteiger partial charge in [0, 0.05) is 14.2 Å². The Labute approximate surface area is 125 Å².